The zero-order valence-electron chi connectivity index (χ0n) is 17.0. The topological polar surface area (TPSA) is 94.9 Å². The van der Waals surface area contributed by atoms with Crippen LogP contribution in [0.15, 0.2) is 36.7 Å². The number of rotatable bonds is 6. The second kappa shape index (κ2) is 8.24. The van der Waals surface area contributed by atoms with E-state index < -0.39 is 0 Å². The number of hydrogen-bond donors (Lipinski definition) is 2. The molecule has 3 heterocycles. The van der Waals surface area contributed by atoms with Gasteiger partial charge in [-0.15, -0.1) is 0 Å². The second-order valence-electron chi connectivity index (χ2n) is 8.39. The molecule has 1 aliphatic carbocycles. The first kappa shape index (κ1) is 19.3. The van der Waals surface area contributed by atoms with Crippen molar-refractivity contribution < 1.29 is 14.6 Å². The number of imidazole rings is 1. The van der Waals surface area contributed by atoms with E-state index >= 15 is 0 Å². The van der Waals surface area contributed by atoms with E-state index in [-0.39, 0.29) is 12.7 Å². The molecular formula is C23H28N4O3. The smallest absolute Gasteiger partial charge is 0.150 e. The maximum atomic E-state index is 9.39. The Hall–Kier alpha value is -2.64. The lowest BCUT2D eigenvalue weighted by Crippen LogP contribution is -2.26. The Morgan fingerprint density at radius 2 is 2.17 bits per heavy atom. The maximum absolute atomic E-state index is 9.39. The minimum atomic E-state index is 0.167. The van der Waals surface area contributed by atoms with Gasteiger partial charge >= 0.3 is 0 Å². The van der Waals surface area contributed by atoms with Crippen LogP contribution in [0.3, 0.4) is 0 Å². The molecule has 0 bridgehead atoms. The highest BCUT2D eigenvalue weighted by molar-refractivity contribution is 5.85. The fourth-order valence-corrected chi connectivity index (χ4v) is 4.53. The van der Waals surface area contributed by atoms with Crippen molar-refractivity contribution in [2.75, 3.05) is 25.6 Å². The van der Waals surface area contributed by atoms with Crippen LogP contribution < -0.4 is 10.5 Å². The molecule has 5 rings (SSSR count). The minimum Gasteiger partial charge on any atom is -0.491 e. The van der Waals surface area contributed by atoms with E-state index in [4.69, 9.17) is 20.2 Å². The average Bonchev–Trinajstić information content (AvgIpc) is 3.13. The SMILES string of the molecule is Nc1nccn2c(C3CC(CO)C3)nc(-c3cccc(OCC4CCCCO4)c3)c12. The van der Waals surface area contributed by atoms with Gasteiger partial charge in [-0.3, -0.25) is 4.40 Å². The summed E-state index contributed by atoms with van der Waals surface area (Å²) in [4.78, 5) is 9.27. The summed E-state index contributed by atoms with van der Waals surface area (Å²) in [5.41, 5.74) is 8.86. The van der Waals surface area contributed by atoms with Crippen molar-refractivity contribution in [2.24, 2.45) is 5.92 Å². The lowest BCUT2D eigenvalue weighted by molar-refractivity contribution is -0.0110. The van der Waals surface area contributed by atoms with Gasteiger partial charge in [0.15, 0.2) is 0 Å². The number of nitrogen functional groups attached to an aromatic ring is 1. The van der Waals surface area contributed by atoms with Gasteiger partial charge in [0, 0.05) is 37.1 Å². The molecule has 1 atom stereocenters. The van der Waals surface area contributed by atoms with Crippen LogP contribution in [0.4, 0.5) is 5.82 Å². The van der Waals surface area contributed by atoms with Gasteiger partial charge < -0.3 is 20.3 Å². The van der Waals surface area contributed by atoms with Gasteiger partial charge in [0.1, 0.15) is 35.2 Å². The normalized spacial score (nSPS) is 24.0. The number of nitrogens with zero attached hydrogens (tertiary/aromatic N) is 3. The number of ether oxygens (including phenoxy) is 2. The van der Waals surface area contributed by atoms with Crippen LogP contribution >= 0.6 is 0 Å². The minimum absolute atomic E-state index is 0.167. The van der Waals surface area contributed by atoms with Gasteiger partial charge in [0.25, 0.3) is 0 Å². The van der Waals surface area contributed by atoms with E-state index in [0.717, 1.165) is 60.6 Å². The molecule has 1 saturated carbocycles. The van der Waals surface area contributed by atoms with Gasteiger partial charge in [-0.1, -0.05) is 12.1 Å². The number of fused-ring (bicyclic) bond motifs is 1. The average molecular weight is 409 g/mol. The third kappa shape index (κ3) is 3.63. The molecule has 0 spiro atoms. The number of aliphatic hydroxyl groups is 1. The van der Waals surface area contributed by atoms with E-state index in [1.807, 2.05) is 30.5 Å². The van der Waals surface area contributed by atoms with Crippen molar-refractivity contribution in [3.63, 3.8) is 0 Å². The first-order valence-electron chi connectivity index (χ1n) is 10.8. The molecule has 0 radical (unpaired) electrons. The molecule has 2 fully saturated rings. The predicted octanol–water partition coefficient (Wildman–Crippen LogP) is 3.41. The van der Waals surface area contributed by atoms with Gasteiger partial charge in [0.2, 0.25) is 0 Å². The van der Waals surface area contributed by atoms with E-state index in [1.165, 1.54) is 6.42 Å². The summed E-state index contributed by atoms with van der Waals surface area (Å²) in [6.45, 7) is 1.62. The quantitative estimate of drug-likeness (QED) is 0.649. The monoisotopic (exact) mass is 408 g/mol. The van der Waals surface area contributed by atoms with Crippen LogP contribution in [0.2, 0.25) is 0 Å². The Balaban J connectivity index is 1.44. The molecule has 7 heteroatoms. The van der Waals surface area contributed by atoms with Gasteiger partial charge in [-0.05, 0) is 50.2 Å². The number of aliphatic hydroxyl groups excluding tert-OH is 1. The molecule has 158 valence electrons. The summed E-state index contributed by atoms with van der Waals surface area (Å²) >= 11 is 0. The highest BCUT2D eigenvalue weighted by Crippen LogP contribution is 2.43. The van der Waals surface area contributed by atoms with Gasteiger partial charge in [-0.2, -0.15) is 0 Å². The van der Waals surface area contributed by atoms with Crippen LogP contribution in [0.25, 0.3) is 16.8 Å². The predicted molar refractivity (Wildman–Crippen MR) is 114 cm³/mol. The van der Waals surface area contributed by atoms with Crippen molar-refractivity contribution in [2.45, 2.75) is 44.1 Å². The lowest BCUT2D eigenvalue weighted by atomic mass is 9.75. The maximum Gasteiger partial charge on any atom is 0.150 e. The summed E-state index contributed by atoms with van der Waals surface area (Å²) in [6, 6.07) is 7.98. The van der Waals surface area contributed by atoms with E-state index in [2.05, 4.69) is 9.38 Å². The summed E-state index contributed by atoms with van der Waals surface area (Å²) in [6.07, 6.45) is 9.07. The molecule has 1 aromatic carbocycles. The van der Waals surface area contributed by atoms with Crippen molar-refractivity contribution in [3.05, 3.63) is 42.5 Å². The zero-order chi connectivity index (χ0) is 20.5. The summed E-state index contributed by atoms with van der Waals surface area (Å²) in [5, 5.41) is 9.39. The highest BCUT2D eigenvalue weighted by atomic mass is 16.5. The summed E-state index contributed by atoms with van der Waals surface area (Å²) < 4.78 is 13.9. The first-order chi connectivity index (χ1) is 14.7. The van der Waals surface area contributed by atoms with Gasteiger partial charge in [0.05, 0.1) is 6.10 Å². The third-order valence-corrected chi connectivity index (χ3v) is 6.29. The van der Waals surface area contributed by atoms with E-state index in [9.17, 15) is 5.11 Å². The summed E-state index contributed by atoms with van der Waals surface area (Å²) in [5.74, 6) is 2.94. The summed E-state index contributed by atoms with van der Waals surface area (Å²) in [7, 11) is 0. The molecule has 1 aliphatic heterocycles. The van der Waals surface area contributed by atoms with Crippen LogP contribution in [-0.2, 0) is 4.74 Å². The highest BCUT2D eigenvalue weighted by Gasteiger charge is 2.33. The lowest BCUT2D eigenvalue weighted by Gasteiger charge is -2.32. The molecule has 0 amide bonds. The van der Waals surface area contributed by atoms with Crippen molar-refractivity contribution in [1.29, 1.82) is 0 Å². The van der Waals surface area contributed by atoms with E-state index in [0.29, 0.717) is 24.3 Å². The zero-order valence-corrected chi connectivity index (χ0v) is 17.0. The van der Waals surface area contributed by atoms with Gasteiger partial charge in [-0.25, -0.2) is 9.97 Å². The molecule has 7 nitrogen and oxygen atoms in total. The molecule has 1 saturated heterocycles. The first-order valence-corrected chi connectivity index (χ1v) is 10.8. The van der Waals surface area contributed by atoms with E-state index in [1.54, 1.807) is 6.20 Å². The van der Waals surface area contributed by atoms with Crippen LogP contribution in [0, 0.1) is 5.92 Å². The Labute approximate surface area is 175 Å². The fraction of sp³-hybridized carbons (Fsp3) is 0.478. The second-order valence-corrected chi connectivity index (χ2v) is 8.39. The molecule has 3 N–H and O–H groups in total. The number of aromatic nitrogens is 3. The number of hydrogen-bond acceptors (Lipinski definition) is 6. The van der Waals surface area contributed by atoms with Crippen molar-refractivity contribution >= 4 is 11.3 Å². The van der Waals surface area contributed by atoms with Crippen molar-refractivity contribution in [3.8, 4) is 17.0 Å². The Morgan fingerprint density at radius 1 is 1.27 bits per heavy atom. The third-order valence-electron chi connectivity index (χ3n) is 6.29. The molecule has 2 aliphatic rings. The molecular weight excluding hydrogens is 380 g/mol. The molecule has 30 heavy (non-hydrogen) atoms. The Morgan fingerprint density at radius 3 is 2.97 bits per heavy atom. The fourth-order valence-electron chi connectivity index (χ4n) is 4.53. The van der Waals surface area contributed by atoms with Crippen molar-refractivity contribution in [1.82, 2.24) is 14.4 Å². The van der Waals surface area contributed by atoms with Crippen LogP contribution in [0.5, 0.6) is 5.75 Å². The van der Waals surface area contributed by atoms with Crippen LogP contribution in [-0.4, -0.2) is 45.4 Å². The number of anilines is 1. The standard InChI is InChI=1S/C23H28N4O3/c24-22-21-20(26-23(27(21)8-7-25-22)17-10-15(11-17)13-28)16-4-3-6-18(12-16)30-14-19-5-1-2-9-29-19/h3-4,6-8,12,15,17,19,28H,1-2,5,9-11,13-14H2,(H2,24,25). The molecule has 2 aromatic heterocycles. The number of nitrogens with two attached hydrogens (primary N) is 1. The Kier molecular flexibility index (Phi) is 5.31. The Bertz CT molecular complexity index is 1020. The molecule has 1 unspecified atom stereocenters. The number of benzene rings is 1. The largest absolute Gasteiger partial charge is 0.491 e. The van der Waals surface area contributed by atoms with Crippen LogP contribution in [0.1, 0.15) is 43.8 Å². The molecule has 3 aromatic rings.